The molecule has 0 aliphatic rings. The molecule has 0 aliphatic carbocycles. The lowest BCUT2D eigenvalue weighted by Crippen LogP contribution is -2.42. The smallest absolute Gasteiger partial charge is 0.336 e. The molecule has 0 radical (unpaired) electrons. The number of hydrogen-bond donors (Lipinski definition) is 4. The van der Waals surface area contributed by atoms with Gasteiger partial charge in [0, 0.05) is 23.3 Å². The van der Waals surface area contributed by atoms with Crippen LogP contribution in [0.4, 0.5) is 0 Å². The number of hydrogen-bond acceptors (Lipinski definition) is 7. The Balaban J connectivity index is 0.000000405. The van der Waals surface area contributed by atoms with Crippen molar-refractivity contribution in [1.29, 1.82) is 0 Å². The van der Waals surface area contributed by atoms with Crippen molar-refractivity contribution in [2.75, 3.05) is 21.2 Å². The third-order valence-electron chi connectivity index (χ3n) is 5.10. The summed E-state index contributed by atoms with van der Waals surface area (Å²) in [7, 11) is 5.65. The summed E-state index contributed by atoms with van der Waals surface area (Å²) in [5.74, 6) is -4.47. The van der Waals surface area contributed by atoms with Crippen LogP contribution in [0.25, 0.3) is 0 Å². The number of carbonyl (C=O) groups excluding carboxylic acids is 1. The number of ketones is 1. The molecule has 192 valence electrons. The lowest BCUT2D eigenvalue weighted by Gasteiger charge is -2.21. The van der Waals surface area contributed by atoms with Crippen molar-refractivity contribution >= 4 is 39.6 Å². The van der Waals surface area contributed by atoms with Gasteiger partial charge in [-0.15, -0.1) is 0 Å². The quantitative estimate of drug-likeness (QED) is 0.301. The summed E-state index contributed by atoms with van der Waals surface area (Å²) in [6.45, 7) is 2.89. The molecule has 4 N–H and O–H groups in total. The van der Waals surface area contributed by atoms with Crippen LogP contribution in [0, 0.1) is 0 Å². The Morgan fingerprint density at radius 3 is 2.11 bits per heavy atom. The van der Waals surface area contributed by atoms with E-state index in [1.54, 1.807) is 19.2 Å². The molecule has 1 aromatic heterocycles. The van der Waals surface area contributed by atoms with E-state index in [0.717, 1.165) is 11.0 Å². The van der Waals surface area contributed by atoms with E-state index >= 15 is 0 Å². The van der Waals surface area contributed by atoms with Gasteiger partial charge in [0.1, 0.15) is 5.75 Å². The summed E-state index contributed by atoms with van der Waals surface area (Å²) in [6, 6.07) is 9.55. The van der Waals surface area contributed by atoms with E-state index in [0.29, 0.717) is 23.0 Å². The molecule has 2 rings (SSSR count). The molecule has 0 saturated heterocycles. The molecule has 1 aromatic carbocycles. The van der Waals surface area contributed by atoms with Crippen molar-refractivity contribution in [3.8, 4) is 5.75 Å². The second-order valence-corrected chi connectivity index (χ2v) is 8.93. The van der Waals surface area contributed by atoms with Gasteiger partial charge in [0.2, 0.25) is 5.78 Å². The van der Waals surface area contributed by atoms with Crippen molar-refractivity contribution in [3.63, 3.8) is 0 Å². The number of carbonyl (C=O) groups is 4. The first-order valence-corrected chi connectivity index (χ1v) is 11.1. The number of aromatic nitrogens is 1. The van der Waals surface area contributed by atoms with Gasteiger partial charge in [0.05, 0.1) is 31.2 Å². The third kappa shape index (κ3) is 8.81. The van der Waals surface area contributed by atoms with E-state index in [4.69, 9.17) is 25.2 Å². The highest BCUT2D eigenvalue weighted by molar-refractivity contribution is 9.10. The fraction of sp³-hybridized carbons (Fsp3) is 0.391. The fourth-order valence-electron chi connectivity index (χ4n) is 2.94. The molecule has 0 fully saturated rings. The van der Waals surface area contributed by atoms with Crippen LogP contribution >= 0.6 is 15.9 Å². The number of ether oxygens (including phenoxy) is 1. The minimum Gasteiger partial charge on any atom is -0.496 e. The average molecular weight is 557 g/mol. The summed E-state index contributed by atoms with van der Waals surface area (Å²) in [5.41, 5.74) is -1.50. The highest BCUT2D eigenvalue weighted by atomic mass is 79.9. The van der Waals surface area contributed by atoms with Crippen LogP contribution in [0.15, 0.2) is 41.0 Å². The number of benzene rings is 1. The Morgan fingerprint density at radius 1 is 1.09 bits per heavy atom. The normalized spacial score (nSPS) is 11.9. The van der Waals surface area contributed by atoms with Gasteiger partial charge in [-0.3, -0.25) is 14.4 Å². The van der Waals surface area contributed by atoms with Gasteiger partial charge in [-0.05, 0) is 51.4 Å². The zero-order valence-electron chi connectivity index (χ0n) is 19.8. The second kappa shape index (κ2) is 13.0. The SMILES string of the molecule is COc1ccc(Br)cc1C(=O)c1cccn1CC(C)N(C)C.O=C(O)CC(O)(CC(=O)O)C(=O)O. The largest absolute Gasteiger partial charge is 0.496 e. The molecule has 0 saturated carbocycles. The average Bonchev–Trinajstić information content (AvgIpc) is 3.20. The van der Waals surface area contributed by atoms with Crippen LogP contribution < -0.4 is 4.74 Å². The molecule has 11 nitrogen and oxygen atoms in total. The molecule has 0 amide bonds. The van der Waals surface area contributed by atoms with Gasteiger partial charge >= 0.3 is 17.9 Å². The van der Waals surface area contributed by atoms with Crippen LogP contribution in [-0.2, 0) is 20.9 Å². The number of carboxylic acid groups (broad SMARTS) is 3. The van der Waals surface area contributed by atoms with Gasteiger partial charge in [-0.2, -0.15) is 0 Å². The fourth-order valence-corrected chi connectivity index (χ4v) is 3.30. The number of aliphatic hydroxyl groups is 1. The predicted molar refractivity (Wildman–Crippen MR) is 129 cm³/mol. The van der Waals surface area contributed by atoms with Crippen molar-refractivity contribution in [2.45, 2.75) is 38.0 Å². The molecule has 0 aliphatic heterocycles. The third-order valence-corrected chi connectivity index (χ3v) is 5.59. The number of rotatable bonds is 11. The molecule has 0 bridgehead atoms. The monoisotopic (exact) mass is 556 g/mol. The highest BCUT2D eigenvalue weighted by Gasteiger charge is 2.40. The number of carboxylic acids is 3. The van der Waals surface area contributed by atoms with E-state index in [9.17, 15) is 19.2 Å². The summed E-state index contributed by atoms with van der Waals surface area (Å²) in [6.07, 6.45) is -0.346. The minimum atomic E-state index is -2.74. The number of likely N-dealkylation sites (N-methyl/N-ethyl adjacent to an activating group) is 1. The number of nitrogens with zero attached hydrogens (tertiary/aromatic N) is 2. The maximum atomic E-state index is 12.9. The Morgan fingerprint density at radius 2 is 1.66 bits per heavy atom. The Hall–Kier alpha value is -3.22. The van der Waals surface area contributed by atoms with Crippen molar-refractivity contribution in [2.24, 2.45) is 0 Å². The van der Waals surface area contributed by atoms with E-state index < -0.39 is 36.4 Å². The summed E-state index contributed by atoms with van der Waals surface area (Å²) < 4.78 is 8.17. The lowest BCUT2D eigenvalue weighted by molar-refractivity contribution is -0.170. The molecule has 2 aromatic rings. The first-order valence-electron chi connectivity index (χ1n) is 10.3. The van der Waals surface area contributed by atoms with Crippen LogP contribution in [0.3, 0.4) is 0 Å². The second-order valence-electron chi connectivity index (χ2n) is 8.01. The number of aliphatic carboxylic acids is 3. The Bertz CT molecular complexity index is 1050. The Kier molecular flexibility index (Phi) is 11.1. The van der Waals surface area contributed by atoms with Gasteiger partial charge in [0.15, 0.2) is 5.60 Å². The van der Waals surface area contributed by atoms with Crippen molar-refractivity contribution < 1.29 is 44.3 Å². The van der Waals surface area contributed by atoms with E-state index in [-0.39, 0.29) is 5.78 Å². The molecular weight excluding hydrogens is 528 g/mol. The zero-order chi connectivity index (χ0) is 26.9. The van der Waals surface area contributed by atoms with Crippen LogP contribution in [-0.4, -0.2) is 86.4 Å². The Labute approximate surface area is 210 Å². The zero-order valence-corrected chi connectivity index (χ0v) is 21.4. The molecular formula is C23H29BrN2O9. The van der Waals surface area contributed by atoms with Crippen molar-refractivity contribution in [1.82, 2.24) is 9.47 Å². The molecule has 35 heavy (non-hydrogen) atoms. The standard InChI is InChI=1S/C17H21BrN2O2.C6H8O7/c1-12(19(2)3)11-20-9-5-6-15(20)17(21)14-10-13(18)7-8-16(14)22-4;7-3(8)1-6(13,5(11)12)2-4(9)10/h5-10,12H,11H2,1-4H3;13H,1-2H2,(H,7,8)(H,9,10)(H,11,12). The van der Waals surface area contributed by atoms with Gasteiger partial charge < -0.3 is 34.6 Å². The van der Waals surface area contributed by atoms with Crippen molar-refractivity contribution in [3.05, 3.63) is 52.3 Å². The van der Waals surface area contributed by atoms with E-state index in [1.165, 1.54) is 0 Å². The molecule has 0 spiro atoms. The maximum absolute atomic E-state index is 12.9. The molecule has 1 atom stereocenters. The van der Waals surface area contributed by atoms with Crippen LogP contribution in [0.5, 0.6) is 5.75 Å². The summed E-state index contributed by atoms with van der Waals surface area (Å²) >= 11 is 3.41. The molecule has 1 unspecified atom stereocenters. The highest BCUT2D eigenvalue weighted by Crippen LogP contribution is 2.26. The number of methoxy groups -OCH3 is 1. The number of halogens is 1. The van der Waals surface area contributed by atoms with E-state index in [1.807, 2.05) is 43.1 Å². The molecule has 1 heterocycles. The topological polar surface area (TPSA) is 167 Å². The van der Waals surface area contributed by atoms with Gasteiger partial charge in [-0.25, -0.2) is 4.79 Å². The summed E-state index contributed by atoms with van der Waals surface area (Å²) in [4.78, 5) is 45.5. The van der Waals surface area contributed by atoms with E-state index in [2.05, 4.69) is 27.8 Å². The first kappa shape index (κ1) is 29.8. The summed E-state index contributed by atoms with van der Waals surface area (Å²) in [5, 5.41) is 33.8. The van der Waals surface area contributed by atoms with Crippen LogP contribution in [0.2, 0.25) is 0 Å². The lowest BCUT2D eigenvalue weighted by atomic mass is 9.96. The molecule has 12 heteroatoms. The van der Waals surface area contributed by atoms with Gasteiger partial charge in [0.25, 0.3) is 0 Å². The van der Waals surface area contributed by atoms with Gasteiger partial charge in [-0.1, -0.05) is 15.9 Å². The maximum Gasteiger partial charge on any atom is 0.336 e. The first-order chi connectivity index (χ1) is 16.2. The minimum absolute atomic E-state index is 0.0332. The van der Waals surface area contributed by atoms with Crippen LogP contribution in [0.1, 0.15) is 35.8 Å². The predicted octanol–water partition coefficient (Wildman–Crippen LogP) is 2.19.